The summed E-state index contributed by atoms with van der Waals surface area (Å²) >= 11 is 0. The van der Waals surface area contributed by atoms with Crippen LogP contribution in [0.25, 0.3) is 11.1 Å². The van der Waals surface area contributed by atoms with E-state index in [0.717, 1.165) is 29.5 Å². The van der Waals surface area contributed by atoms with Crippen molar-refractivity contribution in [3.63, 3.8) is 0 Å². The van der Waals surface area contributed by atoms with Crippen molar-refractivity contribution in [2.45, 2.75) is 25.8 Å². The van der Waals surface area contributed by atoms with E-state index in [2.05, 4.69) is 12.1 Å². The van der Waals surface area contributed by atoms with Gasteiger partial charge in [-0.1, -0.05) is 72.8 Å². The topological polar surface area (TPSA) is 76.1 Å². The van der Waals surface area contributed by atoms with E-state index in [1.165, 1.54) is 5.56 Å². The summed E-state index contributed by atoms with van der Waals surface area (Å²) < 4.78 is 10.9. The summed E-state index contributed by atoms with van der Waals surface area (Å²) in [6, 6.07) is 30.4. The van der Waals surface area contributed by atoms with Crippen LogP contribution in [-0.2, 0) is 24.2 Å². The lowest BCUT2D eigenvalue weighted by Gasteiger charge is -2.24. The average molecular weight is 524 g/mol. The molecular weight excluding hydrogens is 490 g/mol. The number of hydrogen-bond acceptors (Lipinski definition) is 4. The number of carboxylic acid groups (broad SMARTS) is 1. The highest BCUT2D eigenvalue weighted by atomic mass is 16.5. The first kappa shape index (κ1) is 27.5. The van der Waals surface area contributed by atoms with Gasteiger partial charge in [-0.2, -0.15) is 0 Å². The van der Waals surface area contributed by atoms with Crippen LogP contribution < -0.4 is 9.47 Å². The van der Waals surface area contributed by atoms with Gasteiger partial charge in [0.25, 0.3) is 0 Å². The molecule has 6 heteroatoms. The summed E-state index contributed by atoms with van der Waals surface area (Å²) in [7, 11) is 3.19. The normalized spacial score (nSPS) is 10.6. The number of carboxylic acids is 1. The van der Waals surface area contributed by atoms with E-state index < -0.39 is 5.97 Å². The Morgan fingerprint density at radius 3 is 2.21 bits per heavy atom. The Bertz CT molecular complexity index is 1400. The van der Waals surface area contributed by atoms with Gasteiger partial charge in [0.2, 0.25) is 5.91 Å². The fourth-order valence-electron chi connectivity index (χ4n) is 4.64. The molecule has 0 saturated heterocycles. The number of amides is 1. The highest BCUT2D eigenvalue weighted by Gasteiger charge is 2.18. The third-order valence-electron chi connectivity index (χ3n) is 6.71. The number of rotatable bonds is 12. The van der Waals surface area contributed by atoms with Crippen LogP contribution in [0.2, 0.25) is 0 Å². The highest BCUT2D eigenvalue weighted by molar-refractivity contribution is 5.96. The molecule has 0 saturated carbocycles. The van der Waals surface area contributed by atoms with Crippen molar-refractivity contribution in [1.29, 1.82) is 0 Å². The molecule has 1 N–H and O–H groups in total. The maximum absolute atomic E-state index is 13.6. The van der Waals surface area contributed by atoms with Crippen molar-refractivity contribution in [3.05, 3.63) is 119 Å². The van der Waals surface area contributed by atoms with Gasteiger partial charge in [-0.05, 0) is 59.4 Å². The van der Waals surface area contributed by atoms with Gasteiger partial charge in [0.15, 0.2) is 0 Å². The Morgan fingerprint density at radius 2 is 1.51 bits per heavy atom. The Hall–Kier alpha value is -4.58. The van der Waals surface area contributed by atoms with Crippen LogP contribution in [0.5, 0.6) is 11.5 Å². The minimum atomic E-state index is -0.960. The summed E-state index contributed by atoms with van der Waals surface area (Å²) in [6.45, 7) is 1.05. The molecule has 4 aromatic rings. The largest absolute Gasteiger partial charge is 0.497 e. The molecule has 0 aromatic heterocycles. The molecular formula is C33H33NO5. The lowest BCUT2D eigenvalue weighted by atomic mass is 9.98. The quantitative estimate of drug-likeness (QED) is 0.237. The Labute approximate surface area is 229 Å². The average Bonchev–Trinajstić information content (AvgIpc) is 2.97. The molecule has 6 nitrogen and oxygen atoms in total. The molecule has 0 radical (unpaired) electrons. The third-order valence-corrected chi connectivity index (χ3v) is 6.71. The van der Waals surface area contributed by atoms with Crippen molar-refractivity contribution in [1.82, 2.24) is 4.90 Å². The molecule has 4 aromatic carbocycles. The second-order valence-electron chi connectivity index (χ2n) is 9.31. The molecule has 0 unspecified atom stereocenters. The second kappa shape index (κ2) is 13.3. The van der Waals surface area contributed by atoms with E-state index in [9.17, 15) is 14.7 Å². The predicted octanol–water partition coefficient (Wildman–Crippen LogP) is 6.27. The van der Waals surface area contributed by atoms with E-state index in [-0.39, 0.29) is 17.9 Å². The van der Waals surface area contributed by atoms with Gasteiger partial charge in [0, 0.05) is 18.7 Å². The summed E-state index contributed by atoms with van der Waals surface area (Å²) in [5.74, 6) is 0.356. The van der Waals surface area contributed by atoms with Gasteiger partial charge in [-0.25, -0.2) is 4.79 Å². The van der Waals surface area contributed by atoms with E-state index in [1.807, 2.05) is 71.6 Å². The van der Waals surface area contributed by atoms with Crippen molar-refractivity contribution >= 4 is 11.9 Å². The van der Waals surface area contributed by atoms with E-state index in [1.54, 1.807) is 32.4 Å². The number of methoxy groups -OCH3 is 2. The lowest BCUT2D eigenvalue weighted by Crippen LogP contribution is -2.33. The molecule has 0 aliphatic carbocycles. The van der Waals surface area contributed by atoms with Gasteiger partial charge in [-0.15, -0.1) is 0 Å². The first-order valence-corrected chi connectivity index (χ1v) is 12.9. The molecule has 200 valence electrons. The summed E-state index contributed by atoms with van der Waals surface area (Å²) in [4.78, 5) is 27.1. The fraction of sp³-hybridized carbons (Fsp3) is 0.212. The smallest absolute Gasteiger partial charge is 0.336 e. The Kier molecular flexibility index (Phi) is 9.35. The minimum Gasteiger partial charge on any atom is -0.497 e. The zero-order chi connectivity index (χ0) is 27.6. The van der Waals surface area contributed by atoms with Crippen LogP contribution in [0.3, 0.4) is 0 Å². The predicted molar refractivity (Wildman–Crippen MR) is 152 cm³/mol. The van der Waals surface area contributed by atoms with Gasteiger partial charge in [0.1, 0.15) is 11.5 Å². The monoisotopic (exact) mass is 523 g/mol. The molecule has 0 spiro atoms. The molecule has 0 bridgehead atoms. The van der Waals surface area contributed by atoms with Gasteiger partial charge < -0.3 is 19.5 Å². The Balaban J connectivity index is 1.53. The van der Waals surface area contributed by atoms with Gasteiger partial charge in [-0.3, -0.25) is 4.79 Å². The van der Waals surface area contributed by atoms with Crippen molar-refractivity contribution < 1.29 is 24.2 Å². The zero-order valence-electron chi connectivity index (χ0n) is 22.3. The Morgan fingerprint density at radius 1 is 0.795 bits per heavy atom. The number of ether oxygens (including phenoxy) is 2. The van der Waals surface area contributed by atoms with Crippen LogP contribution in [0.1, 0.15) is 33.5 Å². The molecule has 0 fully saturated rings. The number of aromatic carboxylic acids is 1. The molecule has 39 heavy (non-hydrogen) atoms. The number of aryl methyl sites for hydroxylation is 1. The van der Waals surface area contributed by atoms with Gasteiger partial charge >= 0.3 is 5.97 Å². The number of nitrogens with zero attached hydrogens (tertiary/aromatic N) is 1. The third kappa shape index (κ3) is 7.26. The molecule has 0 atom stereocenters. The van der Waals surface area contributed by atoms with Crippen LogP contribution in [0.15, 0.2) is 97.1 Å². The fourth-order valence-corrected chi connectivity index (χ4v) is 4.64. The molecule has 0 heterocycles. The molecule has 0 aliphatic rings. The van der Waals surface area contributed by atoms with Crippen LogP contribution in [-0.4, -0.2) is 42.6 Å². The second-order valence-corrected chi connectivity index (χ2v) is 9.31. The van der Waals surface area contributed by atoms with Crippen LogP contribution >= 0.6 is 0 Å². The summed E-state index contributed by atoms with van der Waals surface area (Å²) in [6.07, 6.45) is 1.89. The molecule has 4 rings (SSSR count). The summed E-state index contributed by atoms with van der Waals surface area (Å²) in [5.41, 5.74) is 4.72. The summed E-state index contributed by atoms with van der Waals surface area (Å²) in [5, 5.41) is 9.56. The van der Waals surface area contributed by atoms with Crippen LogP contribution in [0, 0.1) is 0 Å². The van der Waals surface area contributed by atoms with Crippen molar-refractivity contribution in [3.8, 4) is 22.6 Å². The van der Waals surface area contributed by atoms with Gasteiger partial charge in [0.05, 0.1) is 26.2 Å². The maximum Gasteiger partial charge on any atom is 0.336 e. The van der Waals surface area contributed by atoms with E-state index in [0.29, 0.717) is 30.2 Å². The van der Waals surface area contributed by atoms with Crippen molar-refractivity contribution in [2.75, 3.05) is 20.8 Å². The van der Waals surface area contributed by atoms with E-state index in [4.69, 9.17) is 9.47 Å². The molecule has 1 amide bonds. The zero-order valence-corrected chi connectivity index (χ0v) is 22.3. The number of hydrogen-bond donors (Lipinski definition) is 1. The van der Waals surface area contributed by atoms with E-state index >= 15 is 0 Å². The molecule has 0 aliphatic heterocycles. The highest BCUT2D eigenvalue weighted by Crippen LogP contribution is 2.27. The number of carbonyl (C=O) groups excluding carboxylic acids is 1. The van der Waals surface area contributed by atoms with Crippen molar-refractivity contribution in [2.24, 2.45) is 0 Å². The standard InChI is InChI=1S/C33H33NO5/c1-38-28-18-19-31(39-2)27(21-28)22-32(35)34(20-8-11-24-9-4-3-5-10-24)23-25-14-16-26(17-15-25)29-12-6-7-13-30(29)33(36)37/h3-7,9-10,12-19,21H,8,11,20,22-23H2,1-2H3,(H,36,37). The first-order chi connectivity index (χ1) is 19.0. The minimum absolute atomic E-state index is 0.00471. The number of benzene rings is 4. The number of carbonyl (C=O) groups is 2. The SMILES string of the molecule is COc1ccc(OC)c(CC(=O)N(CCCc2ccccc2)Cc2ccc(-c3ccccc3C(=O)O)cc2)c1. The van der Waals surface area contributed by atoms with Crippen LogP contribution in [0.4, 0.5) is 0 Å². The first-order valence-electron chi connectivity index (χ1n) is 12.9. The lowest BCUT2D eigenvalue weighted by molar-refractivity contribution is -0.131. The maximum atomic E-state index is 13.6.